The monoisotopic (exact) mass is 483 g/mol. The molecule has 5 rings (SSSR count). The Balaban J connectivity index is 1.50. The molecule has 2 aliphatic heterocycles. The van der Waals surface area contributed by atoms with E-state index in [1.807, 2.05) is 13.1 Å². The lowest BCUT2D eigenvalue weighted by molar-refractivity contribution is 0.107. The molecule has 2 aromatic carbocycles. The van der Waals surface area contributed by atoms with Gasteiger partial charge in [0.1, 0.15) is 17.5 Å². The number of nitrogens with one attached hydrogen (secondary N) is 1. The summed E-state index contributed by atoms with van der Waals surface area (Å²) in [4.78, 5) is 14.3. The molecule has 0 bridgehead atoms. The molecule has 7 nitrogen and oxygen atoms in total. The molecule has 0 spiro atoms. The average molecular weight is 484 g/mol. The van der Waals surface area contributed by atoms with E-state index in [2.05, 4.69) is 27.2 Å². The van der Waals surface area contributed by atoms with Crippen LogP contribution in [0.1, 0.15) is 30.5 Å². The van der Waals surface area contributed by atoms with Crippen LogP contribution < -0.4 is 10.2 Å². The molecule has 2 fully saturated rings. The number of nitrogens with zero attached hydrogens (tertiary/aromatic N) is 4. The SMILES string of the molecule is COC1CCN(Cc2cc(C(C)Nc3cc(F)cc(F)c3)c3nc(N4CCOCC4)cnc3c2)C1. The molecule has 9 heteroatoms. The summed E-state index contributed by atoms with van der Waals surface area (Å²) in [6.07, 6.45) is 3.09. The van der Waals surface area contributed by atoms with Crippen molar-refractivity contribution in [2.75, 3.05) is 56.7 Å². The first-order chi connectivity index (χ1) is 17.0. The Morgan fingerprint density at radius 1 is 1.11 bits per heavy atom. The van der Waals surface area contributed by atoms with Crippen LogP contribution in [0.15, 0.2) is 36.5 Å². The smallest absolute Gasteiger partial charge is 0.148 e. The zero-order valence-corrected chi connectivity index (χ0v) is 20.1. The molecule has 35 heavy (non-hydrogen) atoms. The number of ether oxygens (including phenoxy) is 2. The molecule has 3 aromatic rings. The normalized spacial score (nSPS) is 19.9. The van der Waals surface area contributed by atoms with Crippen LogP contribution in [0.3, 0.4) is 0 Å². The molecule has 1 aromatic heterocycles. The van der Waals surface area contributed by atoms with E-state index in [1.54, 1.807) is 7.11 Å². The van der Waals surface area contributed by atoms with E-state index in [-0.39, 0.29) is 12.1 Å². The van der Waals surface area contributed by atoms with E-state index in [9.17, 15) is 8.78 Å². The number of aromatic nitrogens is 2. The molecule has 2 unspecified atom stereocenters. The molecule has 0 aliphatic carbocycles. The number of rotatable bonds is 7. The minimum absolute atomic E-state index is 0.252. The Labute approximate surface area is 204 Å². The highest BCUT2D eigenvalue weighted by molar-refractivity contribution is 5.81. The Kier molecular flexibility index (Phi) is 7.08. The molecule has 2 saturated heterocycles. The topological polar surface area (TPSA) is 62.8 Å². The Morgan fingerprint density at radius 2 is 1.89 bits per heavy atom. The van der Waals surface area contributed by atoms with Crippen LogP contribution in [0.25, 0.3) is 11.0 Å². The minimum atomic E-state index is -0.616. The summed E-state index contributed by atoms with van der Waals surface area (Å²) in [6.45, 7) is 7.46. The average Bonchev–Trinajstić information content (AvgIpc) is 3.30. The number of hydrogen-bond donors (Lipinski definition) is 1. The molecule has 186 valence electrons. The molecular formula is C26H31F2N5O2. The molecule has 2 aliphatic rings. The van der Waals surface area contributed by atoms with Gasteiger partial charge >= 0.3 is 0 Å². The van der Waals surface area contributed by atoms with E-state index in [4.69, 9.17) is 19.4 Å². The molecule has 3 heterocycles. The lowest BCUT2D eigenvalue weighted by Gasteiger charge is -2.28. The summed E-state index contributed by atoms with van der Waals surface area (Å²) in [5, 5.41) is 3.25. The van der Waals surface area contributed by atoms with E-state index >= 15 is 0 Å². The number of morpholine rings is 1. The predicted molar refractivity (Wildman–Crippen MR) is 132 cm³/mol. The van der Waals surface area contributed by atoms with Gasteiger partial charge in [-0.2, -0.15) is 0 Å². The van der Waals surface area contributed by atoms with E-state index in [1.165, 1.54) is 12.1 Å². The van der Waals surface area contributed by atoms with Crippen LogP contribution in [-0.4, -0.2) is 67.5 Å². The second kappa shape index (κ2) is 10.4. The fourth-order valence-electron chi connectivity index (χ4n) is 4.91. The number of methoxy groups -OCH3 is 1. The minimum Gasteiger partial charge on any atom is -0.380 e. The lowest BCUT2D eigenvalue weighted by Crippen LogP contribution is -2.36. The van der Waals surface area contributed by atoms with Crippen molar-refractivity contribution in [1.82, 2.24) is 14.9 Å². The van der Waals surface area contributed by atoms with Crippen LogP contribution in [-0.2, 0) is 16.0 Å². The summed E-state index contributed by atoms with van der Waals surface area (Å²) < 4.78 is 38.6. The summed E-state index contributed by atoms with van der Waals surface area (Å²) in [5.41, 5.74) is 4.03. The van der Waals surface area contributed by atoms with Gasteiger partial charge < -0.3 is 19.7 Å². The highest BCUT2D eigenvalue weighted by atomic mass is 19.1. The molecule has 0 radical (unpaired) electrons. The largest absolute Gasteiger partial charge is 0.380 e. The van der Waals surface area contributed by atoms with Gasteiger partial charge in [-0.25, -0.2) is 13.8 Å². The van der Waals surface area contributed by atoms with Gasteiger partial charge in [-0.3, -0.25) is 9.88 Å². The summed E-state index contributed by atoms with van der Waals surface area (Å²) >= 11 is 0. The number of fused-ring (bicyclic) bond motifs is 1. The van der Waals surface area contributed by atoms with Crippen molar-refractivity contribution in [3.8, 4) is 0 Å². The molecule has 2 atom stereocenters. The number of likely N-dealkylation sites (tertiary alicyclic amines) is 1. The van der Waals surface area contributed by atoms with Crippen molar-refractivity contribution in [3.05, 3.63) is 59.3 Å². The fourth-order valence-corrected chi connectivity index (χ4v) is 4.91. The summed E-state index contributed by atoms with van der Waals surface area (Å²) in [6, 6.07) is 7.43. The first-order valence-electron chi connectivity index (χ1n) is 12.1. The Hall–Kier alpha value is -2.88. The first-order valence-corrected chi connectivity index (χ1v) is 12.1. The van der Waals surface area contributed by atoms with Gasteiger partial charge in [-0.1, -0.05) is 6.07 Å². The molecule has 0 amide bonds. The maximum Gasteiger partial charge on any atom is 0.148 e. The third kappa shape index (κ3) is 5.52. The lowest BCUT2D eigenvalue weighted by atomic mass is 10.0. The van der Waals surface area contributed by atoms with Crippen LogP contribution >= 0.6 is 0 Å². The second-order valence-corrected chi connectivity index (χ2v) is 9.29. The van der Waals surface area contributed by atoms with Crippen molar-refractivity contribution < 1.29 is 18.3 Å². The zero-order chi connectivity index (χ0) is 24.4. The number of anilines is 2. The van der Waals surface area contributed by atoms with Crippen LogP contribution in [0.4, 0.5) is 20.3 Å². The van der Waals surface area contributed by atoms with E-state index in [0.717, 1.165) is 73.2 Å². The molecular weight excluding hydrogens is 452 g/mol. The third-order valence-electron chi connectivity index (χ3n) is 6.74. The van der Waals surface area contributed by atoms with Gasteiger partial charge in [-0.15, -0.1) is 0 Å². The number of halogens is 2. The highest BCUT2D eigenvalue weighted by Gasteiger charge is 2.23. The maximum atomic E-state index is 13.8. The number of benzene rings is 2. The Morgan fingerprint density at radius 3 is 2.60 bits per heavy atom. The maximum absolute atomic E-state index is 13.8. The quantitative estimate of drug-likeness (QED) is 0.542. The van der Waals surface area contributed by atoms with Gasteiger partial charge in [0.25, 0.3) is 0 Å². The van der Waals surface area contributed by atoms with Crippen molar-refractivity contribution in [2.24, 2.45) is 0 Å². The van der Waals surface area contributed by atoms with Gasteiger partial charge in [0.05, 0.1) is 42.6 Å². The van der Waals surface area contributed by atoms with Crippen molar-refractivity contribution >= 4 is 22.5 Å². The van der Waals surface area contributed by atoms with Crippen LogP contribution in [0.5, 0.6) is 0 Å². The van der Waals surface area contributed by atoms with Crippen molar-refractivity contribution in [1.29, 1.82) is 0 Å². The summed E-state index contributed by atoms with van der Waals surface area (Å²) in [5.74, 6) is -0.426. The molecule has 1 N–H and O–H groups in total. The molecule has 0 saturated carbocycles. The third-order valence-corrected chi connectivity index (χ3v) is 6.74. The second-order valence-electron chi connectivity index (χ2n) is 9.29. The fraction of sp³-hybridized carbons (Fsp3) is 0.462. The predicted octanol–water partition coefficient (Wildman–Crippen LogP) is 4.14. The first kappa shape index (κ1) is 23.8. The van der Waals surface area contributed by atoms with Crippen LogP contribution in [0, 0.1) is 11.6 Å². The van der Waals surface area contributed by atoms with Gasteiger partial charge in [-0.05, 0) is 37.1 Å². The van der Waals surface area contributed by atoms with E-state index in [0.29, 0.717) is 18.9 Å². The van der Waals surface area contributed by atoms with Crippen molar-refractivity contribution in [2.45, 2.75) is 32.0 Å². The van der Waals surface area contributed by atoms with Crippen LogP contribution in [0.2, 0.25) is 0 Å². The highest BCUT2D eigenvalue weighted by Crippen LogP contribution is 2.30. The van der Waals surface area contributed by atoms with Gasteiger partial charge in [0.2, 0.25) is 0 Å². The van der Waals surface area contributed by atoms with Gasteiger partial charge in [0, 0.05) is 57.2 Å². The van der Waals surface area contributed by atoms with Crippen molar-refractivity contribution in [3.63, 3.8) is 0 Å². The van der Waals surface area contributed by atoms with E-state index < -0.39 is 11.6 Å². The Bertz CT molecular complexity index is 1170. The zero-order valence-electron chi connectivity index (χ0n) is 20.1. The standard InChI is InChI=1S/C26H31F2N5O2/c1-17(30-21-12-19(27)11-20(28)13-21)23-9-18(15-32-4-3-22(16-32)34-2)10-24-26(23)31-25(14-29-24)33-5-7-35-8-6-33/h9-14,17,22,30H,3-8,15-16H2,1-2H3. The van der Waals surface area contributed by atoms with Gasteiger partial charge in [0.15, 0.2) is 0 Å². The summed E-state index contributed by atoms with van der Waals surface area (Å²) in [7, 11) is 1.76. The number of hydrogen-bond acceptors (Lipinski definition) is 7.